The summed E-state index contributed by atoms with van der Waals surface area (Å²) in [6.45, 7) is 2.67. The van der Waals surface area contributed by atoms with Gasteiger partial charge in [0.05, 0.1) is 13.9 Å². The van der Waals surface area contributed by atoms with Crippen molar-refractivity contribution in [3.05, 3.63) is 67.2 Å². The van der Waals surface area contributed by atoms with Gasteiger partial charge in [-0.25, -0.2) is 4.39 Å². The Hall–Kier alpha value is -1.64. The summed E-state index contributed by atoms with van der Waals surface area (Å²) in [5.74, 6) is 0.00190. The van der Waals surface area contributed by atoms with E-state index in [1.807, 2.05) is 19.1 Å². The van der Waals surface area contributed by atoms with Crippen LogP contribution in [0.4, 0.5) is 9.18 Å². The molecule has 1 heterocycles. The SMILES string of the molecule is CCCCN1C(=O)S/C(=C\c2cc(Br)c(OCc3cccc(F)c3)c(Br)c2)C1=O. The summed E-state index contributed by atoms with van der Waals surface area (Å²) in [5, 5.41) is -0.233. The smallest absolute Gasteiger partial charge is 0.293 e. The van der Waals surface area contributed by atoms with Crippen molar-refractivity contribution >= 4 is 60.8 Å². The first-order chi connectivity index (χ1) is 13.9. The molecule has 2 amide bonds. The standard InChI is InChI=1S/C21H18Br2FNO3S/c1-2-3-7-25-20(26)18(29-21(25)27)11-14-9-16(22)19(17(23)10-14)28-12-13-5-4-6-15(24)8-13/h4-6,8-11H,2-3,7,12H2,1H3/b18-11-. The van der Waals surface area contributed by atoms with Crippen LogP contribution < -0.4 is 4.74 Å². The summed E-state index contributed by atoms with van der Waals surface area (Å²) in [6, 6.07) is 9.85. The maximum Gasteiger partial charge on any atom is 0.293 e. The highest BCUT2D eigenvalue weighted by molar-refractivity contribution is 9.11. The van der Waals surface area contributed by atoms with E-state index in [2.05, 4.69) is 31.9 Å². The maximum atomic E-state index is 13.3. The Morgan fingerprint density at radius 1 is 1.17 bits per heavy atom. The molecule has 8 heteroatoms. The zero-order valence-corrected chi connectivity index (χ0v) is 19.6. The first-order valence-electron chi connectivity index (χ1n) is 9.00. The lowest BCUT2D eigenvalue weighted by atomic mass is 10.2. The molecule has 2 aromatic rings. The molecule has 29 heavy (non-hydrogen) atoms. The lowest BCUT2D eigenvalue weighted by Crippen LogP contribution is -2.29. The van der Waals surface area contributed by atoms with Gasteiger partial charge in [0.2, 0.25) is 0 Å². The van der Waals surface area contributed by atoms with Crippen LogP contribution in [0, 0.1) is 5.82 Å². The number of imide groups is 1. The Bertz CT molecular complexity index is 957. The molecule has 0 saturated carbocycles. The number of benzene rings is 2. The van der Waals surface area contributed by atoms with E-state index in [4.69, 9.17) is 4.74 Å². The summed E-state index contributed by atoms with van der Waals surface area (Å²) < 4.78 is 20.5. The van der Waals surface area contributed by atoms with Crippen LogP contribution in [0.15, 0.2) is 50.2 Å². The zero-order valence-electron chi connectivity index (χ0n) is 15.6. The highest BCUT2D eigenvalue weighted by atomic mass is 79.9. The van der Waals surface area contributed by atoms with Crippen LogP contribution in [-0.4, -0.2) is 22.6 Å². The topological polar surface area (TPSA) is 46.6 Å². The number of ether oxygens (including phenoxy) is 1. The molecule has 152 valence electrons. The molecule has 0 unspecified atom stereocenters. The van der Waals surface area contributed by atoms with E-state index < -0.39 is 0 Å². The van der Waals surface area contributed by atoms with Crippen LogP contribution in [0.1, 0.15) is 30.9 Å². The first-order valence-corrected chi connectivity index (χ1v) is 11.4. The summed E-state index contributed by atoms with van der Waals surface area (Å²) in [7, 11) is 0. The molecule has 1 fully saturated rings. The molecule has 0 aliphatic carbocycles. The number of carbonyl (C=O) groups is 2. The van der Waals surface area contributed by atoms with Crippen LogP contribution in [0.25, 0.3) is 6.08 Å². The number of rotatable bonds is 7. The van der Waals surface area contributed by atoms with Crippen LogP contribution in [0.3, 0.4) is 0 Å². The molecule has 4 nitrogen and oxygen atoms in total. The molecule has 0 bridgehead atoms. The summed E-state index contributed by atoms with van der Waals surface area (Å²) in [4.78, 5) is 26.3. The number of amides is 2. The third-order valence-corrected chi connectivity index (χ3v) is 6.28. The third-order valence-electron chi connectivity index (χ3n) is 4.20. The van der Waals surface area contributed by atoms with E-state index in [9.17, 15) is 14.0 Å². The van der Waals surface area contributed by atoms with Crippen molar-refractivity contribution in [2.75, 3.05) is 6.54 Å². The fraction of sp³-hybridized carbons (Fsp3) is 0.238. The minimum atomic E-state index is -0.313. The molecule has 0 N–H and O–H groups in total. The molecule has 1 aliphatic heterocycles. The molecule has 0 spiro atoms. The van der Waals surface area contributed by atoms with Crippen LogP contribution in [0.2, 0.25) is 0 Å². The molecule has 3 rings (SSSR count). The average molecular weight is 543 g/mol. The molecule has 0 atom stereocenters. The number of hydrogen-bond donors (Lipinski definition) is 0. The van der Waals surface area contributed by atoms with Crippen molar-refractivity contribution in [1.29, 1.82) is 0 Å². The van der Waals surface area contributed by atoms with Crippen molar-refractivity contribution in [2.45, 2.75) is 26.4 Å². The predicted molar refractivity (Wildman–Crippen MR) is 120 cm³/mol. The van der Waals surface area contributed by atoms with E-state index in [0.717, 1.165) is 30.2 Å². The van der Waals surface area contributed by atoms with Crippen molar-refractivity contribution in [2.24, 2.45) is 0 Å². The fourth-order valence-electron chi connectivity index (χ4n) is 2.74. The molecule has 2 aromatic carbocycles. The maximum absolute atomic E-state index is 13.3. The quantitative estimate of drug-likeness (QED) is 0.362. The van der Waals surface area contributed by atoms with E-state index in [1.165, 1.54) is 17.0 Å². The first kappa shape index (κ1) is 22.1. The third kappa shape index (κ3) is 5.49. The molecular formula is C21H18Br2FNO3S. The van der Waals surface area contributed by atoms with Crippen LogP contribution in [-0.2, 0) is 11.4 Å². The normalized spacial score (nSPS) is 15.4. The minimum absolute atomic E-state index is 0.213. The number of unbranched alkanes of at least 4 members (excludes halogenated alkanes) is 1. The van der Waals surface area contributed by atoms with Gasteiger partial charge in [-0.05, 0) is 91.5 Å². The minimum Gasteiger partial charge on any atom is -0.487 e. The molecule has 0 radical (unpaired) electrons. The highest BCUT2D eigenvalue weighted by Gasteiger charge is 2.34. The van der Waals surface area contributed by atoms with E-state index in [0.29, 0.717) is 31.7 Å². The fourth-order valence-corrected chi connectivity index (χ4v) is 5.06. The lowest BCUT2D eigenvalue weighted by molar-refractivity contribution is -0.122. The largest absolute Gasteiger partial charge is 0.487 e. The van der Waals surface area contributed by atoms with Gasteiger partial charge in [0.25, 0.3) is 11.1 Å². The predicted octanol–water partition coefficient (Wildman–Crippen LogP) is 6.77. The molecule has 0 aromatic heterocycles. The Kier molecular flexibility index (Phi) is 7.54. The average Bonchev–Trinajstić information content (AvgIpc) is 2.92. The Balaban J connectivity index is 1.76. The second-order valence-corrected chi connectivity index (χ2v) is 9.12. The van der Waals surface area contributed by atoms with Gasteiger partial charge < -0.3 is 4.74 Å². The monoisotopic (exact) mass is 541 g/mol. The second-order valence-electron chi connectivity index (χ2n) is 6.42. The number of nitrogens with zero attached hydrogens (tertiary/aromatic N) is 1. The van der Waals surface area contributed by atoms with E-state index >= 15 is 0 Å². The van der Waals surface area contributed by atoms with E-state index in [-0.39, 0.29) is 23.6 Å². The Morgan fingerprint density at radius 2 is 1.90 bits per heavy atom. The summed E-state index contributed by atoms with van der Waals surface area (Å²) in [5.41, 5.74) is 1.47. The molecular weight excluding hydrogens is 525 g/mol. The number of halogens is 3. The van der Waals surface area contributed by atoms with Gasteiger partial charge in [-0.15, -0.1) is 0 Å². The second kappa shape index (κ2) is 9.91. The van der Waals surface area contributed by atoms with Gasteiger partial charge in [0, 0.05) is 6.54 Å². The van der Waals surface area contributed by atoms with Gasteiger partial charge in [-0.1, -0.05) is 25.5 Å². The van der Waals surface area contributed by atoms with Gasteiger partial charge in [0.15, 0.2) is 0 Å². The van der Waals surface area contributed by atoms with Crippen molar-refractivity contribution in [1.82, 2.24) is 4.90 Å². The number of thioether (sulfide) groups is 1. The van der Waals surface area contributed by atoms with Gasteiger partial charge >= 0.3 is 0 Å². The van der Waals surface area contributed by atoms with Crippen LogP contribution in [0.5, 0.6) is 5.75 Å². The van der Waals surface area contributed by atoms with Crippen molar-refractivity contribution in [3.63, 3.8) is 0 Å². The number of hydrogen-bond acceptors (Lipinski definition) is 4. The van der Waals surface area contributed by atoms with Crippen molar-refractivity contribution in [3.8, 4) is 5.75 Å². The highest BCUT2D eigenvalue weighted by Crippen LogP contribution is 2.38. The molecule has 1 aliphatic rings. The zero-order chi connectivity index (χ0) is 21.0. The van der Waals surface area contributed by atoms with Crippen molar-refractivity contribution < 1.29 is 18.7 Å². The Labute approximate surface area is 189 Å². The number of carbonyl (C=O) groups excluding carboxylic acids is 2. The Morgan fingerprint density at radius 3 is 2.55 bits per heavy atom. The lowest BCUT2D eigenvalue weighted by Gasteiger charge is -2.12. The van der Waals surface area contributed by atoms with E-state index in [1.54, 1.807) is 18.2 Å². The van der Waals surface area contributed by atoms with Gasteiger partial charge in [0.1, 0.15) is 18.2 Å². The van der Waals surface area contributed by atoms with Gasteiger partial charge in [-0.3, -0.25) is 14.5 Å². The molecule has 1 saturated heterocycles. The summed E-state index contributed by atoms with van der Waals surface area (Å²) >= 11 is 7.92. The van der Waals surface area contributed by atoms with Crippen LogP contribution >= 0.6 is 43.6 Å². The summed E-state index contributed by atoms with van der Waals surface area (Å²) in [6.07, 6.45) is 3.40. The van der Waals surface area contributed by atoms with Gasteiger partial charge in [-0.2, -0.15) is 0 Å².